The van der Waals surface area contributed by atoms with Crippen molar-refractivity contribution in [1.29, 1.82) is 5.26 Å². The second-order valence-electron chi connectivity index (χ2n) is 2.72. The van der Waals surface area contributed by atoms with Crippen molar-refractivity contribution >= 4 is 27.7 Å². The fourth-order valence-corrected chi connectivity index (χ4v) is 2.16. The van der Waals surface area contributed by atoms with Gasteiger partial charge in [0.25, 0.3) is 0 Å². The molecule has 1 aromatic heterocycles. The van der Waals surface area contributed by atoms with E-state index in [0.717, 1.165) is 0 Å². The number of halogens is 1. The van der Waals surface area contributed by atoms with E-state index in [1.807, 2.05) is 6.07 Å². The van der Waals surface area contributed by atoms with Gasteiger partial charge in [-0.3, -0.25) is 4.79 Å². The third-order valence-corrected chi connectivity index (χ3v) is 2.86. The average Bonchev–Trinajstić information content (AvgIpc) is 2.68. The number of thiophene rings is 1. The van der Waals surface area contributed by atoms with Crippen molar-refractivity contribution < 1.29 is 9.18 Å². The number of nitrogens with zero attached hydrogens (tertiary/aromatic N) is 1. The summed E-state index contributed by atoms with van der Waals surface area (Å²) < 4.78 is 13.9. The predicted octanol–water partition coefficient (Wildman–Crippen LogP) is 2.72. The maximum absolute atomic E-state index is 13.5. The Hall–Kier alpha value is -1.73. The zero-order chi connectivity index (χ0) is 10.1. The third kappa shape index (κ3) is 1.10. The number of rotatable bonds is 1. The van der Waals surface area contributed by atoms with Crippen LogP contribution in [0.1, 0.15) is 15.9 Å². The number of nitriles is 1. The minimum absolute atomic E-state index is 0.0588. The number of fused-ring (bicyclic) bond motifs is 1. The molecule has 0 amide bonds. The highest BCUT2D eigenvalue weighted by Gasteiger charge is 2.12. The van der Waals surface area contributed by atoms with Gasteiger partial charge in [0.1, 0.15) is 0 Å². The molecule has 0 spiro atoms. The van der Waals surface area contributed by atoms with E-state index in [-0.39, 0.29) is 5.56 Å². The minimum atomic E-state index is -0.538. The summed E-state index contributed by atoms with van der Waals surface area (Å²) in [5.41, 5.74) is 0.279. The van der Waals surface area contributed by atoms with Crippen LogP contribution in [0, 0.1) is 17.1 Å². The Balaban J connectivity index is 2.95. The van der Waals surface area contributed by atoms with Crippen LogP contribution in [0.4, 0.5) is 4.39 Å². The van der Waals surface area contributed by atoms with E-state index in [1.165, 1.54) is 17.4 Å². The Morgan fingerprint density at radius 1 is 1.57 bits per heavy atom. The summed E-state index contributed by atoms with van der Waals surface area (Å²) in [6.45, 7) is 0. The first-order valence-electron chi connectivity index (χ1n) is 3.83. The van der Waals surface area contributed by atoms with Gasteiger partial charge in [0, 0.05) is 5.39 Å². The molecule has 1 heterocycles. The highest BCUT2D eigenvalue weighted by atomic mass is 32.1. The van der Waals surface area contributed by atoms with Crippen LogP contribution in [0.15, 0.2) is 17.5 Å². The second kappa shape index (κ2) is 3.20. The maximum atomic E-state index is 13.5. The van der Waals surface area contributed by atoms with Gasteiger partial charge in [0.2, 0.25) is 0 Å². The van der Waals surface area contributed by atoms with Crippen LogP contribution in [0.5, 0.6) is 0 Å². The van der Waals surface area contributed by atoms with Crippen molar-refractivity contribution in [1.82, 2.24) is 0 Å². The van der Waals surface area contributed by atoms with Gasteiger partial charge in [0.05, 0.1) is 21.9 Å². The Labute approximate surface area is 83.2 Å². The molecule has 0 aliphatic heterocycles. The van der Waals surface area contributed by atoms with Gasteiger partial charge in [-0.15, -0.1) is 11.3 Å². The first-order valence-corrected chi connectivity index (χ1v) is 4.71. The van der Waals surface area contributed by atoms with Crippen LogP contribution in [0.25, 0.3) is 10.1 Å². The molecule has 0 aliphatic carbocycles. The molecular weight excluding hydrogens is 201 g/mol. The number of hydrogen-bond donors (Lipinski definition) is 0. The lowest BCUT2D eigenvalue weighted by Crippen LogP contribution is -1.90. The van der Waals surface area contributed by atoms with Crippen LogP contribution < -0.4 is 0 Å². The topological polar surface area (TPSA) is 40.9 Å². The van der Waals surface area contributed by atoms with Crippen molar-refractivity contribution in [3.05, 3.63) is 34.5 Å². The van der Waals surface area contributed by atoms with E-state index in [1.54, 1.807) is 11.4 Å². The molecule has 1 aromatic carbocycles. The standard InChI is InChI=1S/C10H4FNOS/c11-9-7(5-13)3-6(4-12)8-1-2-14-10(8)9/h1-3,5H. The van der Waals surface area contributed by atoms with E-state index in [0.29, 0.717) is 21.9 Å². The van der Waals surface area contributed by atoms with Gasteiger partial charge in [-0.05, 0) is 17.5 Å². The lowest BCUT2D eigenvalue weighted by atomic mass is 10.1. The van der Waals surface area contributed by atoms with E-state index < -0.39 is 5.82 Å². The lowest BCUT2D eigenvalue weighted by Gasteiger charge is -1.98. The molecule has 0 atom stereocenters. The molecule has 0 bridgehead atoms. The Morgan fingerprint density at radius 2 is 2.36 bits per heavy atom. The van der Waals surface area contributed by atoms with Gasteiger partial charge in [-0.1, -0.05) is 0 Å². The second-order valence-corrected chi connectivity index (χ2v) is 3.64. The smallest absolute Gasteiger partial charge is 0.153 e. The molecule has 0 fully saturated rings. The summed E-state index contributed by atoms with van der Waals surface area (Å²) >= 11 is 1.19. The molecule has 0 radical (unpaired) electrons. The Morgan fingerprint density at radius 3 is 3.00 bits per heavy atom. The van der Waals surface area contributed by atoms with Crippen LogP contribution >= 0.6 is 11.3 Å². The third-order valence-electron chi connectivity index (χ3n) is 1.96. The molecule has 2 rings (SSSR count). The monoisotopic (exact) mass is 205 g/mol. The Kier molecular flexibility index (Phi) is 2.02. The highest BCUT2D eigenvalue weighted by Crippen LogP contribution is 2.28. The average molecular weight is 205 g/mol. The molecule has 14 heavy (non-hydrogen) atoms. The first-order chi connectivity index (χ1) is 6.77. The predicted molar refractivity (Wildman–Crippen MR) is 51.9 cm³/mol. The molecular formula is C10H4FNOS. The summed E-state index contributed by atoms with van der Waals surface area (Å²) in [6, 6.07) is 4.89. The molecule has 0 N–H and O–H groups in total. The van der Waals surface area contributed by atoms with Gasteiger partial charge >= 0.3 is 0 Å². The zero-order valence-electron chi connectivity index (χ0n) is 6.95. The lowest BCUT2D eigenvalue weighted by molar-refractivity contribution is 0.112. The van der Waals surface area contributed by atoms with E-state index in [4.69, 9.17) is 5.26 Å². The van der Waals surface area contributed by atoms with E-state index in [9.17, 15) is 9.18 Å². The zero-order valence-corrected chi connectivity index (χ0v) is 7.77. The molecule has 0 saturated carbocycles. The largest absolute Gasteiger partial charge is 0.298 e. The van der Waals surface area contributed by atoms with Gasteiger partial charge in [-0.25, -0.2) is 4.39 Å². The summed E-state index contributed by atoms with van der Waals surface area (Å²) in [5.74, 6) is -0.538. The van der Waals surface area contributed by atoms with Crippen LogP contribution in [0.2, 0.25) is 0 Å². The number of aldehydes is 1. The number of benzene rings is 1. The first kappa shape index (κ1) is 8.85. The number of carbonyl (C=O) groups excluding carboxylic acids is 1. The normalized spacial score (nSPS) is 10.0. The summed E-state index contributed by atoms with van der Waals surface area (Å²) in [5, 5.41) is 11.0. The van der Waals surface area contributed by atoms with Crippen LogP contribution in [0.3, 0.4) is 0 Å². The molecule has 0 saturated heterocycles. The van der Waals surface area contributed by atoms with Crippen molar-refractivity contribution in [2.75, 3.05) is 0 Å². The quantitative estimate of drug-likeness (QED) is 0.671. The SMILES string of the molecule is N#Cc1cc(C=O)c(F)c2sccc12. The molecule has 4 heteroatoms. The van der Waals surface area contributed by atoms with Crippen molar-refractivity contribution in [2.24, 2.45) is 0 Å². The van der Waals surface area contributed by atoms with E-state index >= 15 is 0 Å². The summed E-state index contributed by atoms with van der Waals surface area (Å²) in [6.07, 6.45) is 0.426. The van der Waals surface area contributed by atoms with Gasteiger partial charge < -0.3 is 0 Å². The number of carbonyl (C=O) groups is 1. The van der Waals surface area contributed by atoms with Gasteiger partial charge in [-0.2, -0.15) is 5.26 Å². The molecule has 68 valence electrons. The van der Waals surface area contributed by atoms with Crippen molar-refractivity contribution in [3.63, 3.8) is 0 Å². The Bertz CT molecular complexity index is 553. The molecule has 0 aliphatic rings. The molecule has 0 unspecified atom stereocenters. The highest BCUT2D eigenvalue weighted by molar-refractivity contribution is 7.17. The fourth-order valence-electron chi connectivity index (χ4n) is 1.30. The van der Waals surface area contributed by atoms with Crippen molar-refractivity contribution in [3.8, 4) is 6.07 Å². The maximum Gasteiger partial charge on any atom is 0.153 e. The number of hydrogen-bond acceptors (Lipinski definition) is 3. The van der Waals surface area contributed by atoms with E-state index in [2.05, 4.69) is 0 Å². The van der Waals surface area contributed by atoms with Crippen LogP contribution in [-0.2, 0) is 0 Å². The minimum Gasteiger partial charge on any atom is -0.298 e. The molecule has 2 nitrogen and oxygen atoms in total. The summed E-state index contributed by atoms with van der Waals surface area (Å²) in [4.78, 5) is 10.5. The fraction of sp³-hybridized carbons (Fsp3) is 0. The van der Waals surface area contributed by atoms with Gasteiger partial charge in [0.15, 0.2) is 12.1 Å². The van der Waals surface area contributed by atoms with Crippen molar-refractivity contribution in [2.45, 2.75) is 0 Å². The van der Waals surface area contributed by atoms with Crippen LogP contribution in [-0.4, -0.2) is 6.29 Å². The molecule has 2 aromatic rings. The summed E-state index contributed by atoms with van der Waals surface area (Å²) in [7, 11) is 0.